The summed E-state index contributed by atoms with van der Waals surface area (Å²) in [5.41, 5.74) is 0. The van der Waals surface area contributed by atoms with Gasteiger partial charge in [0.2, 0.25) is 0 Å². The molecule has 0 atom stereocenters. The van der Waals surface area contributed by atoms with Crippen LogP contribution in [0.15, 0.2) is 12.4 Å². The molecule has 16 heavy (non-hydrogen) atoms. The summed E-state index contributed by atoms with van der Waals surface area (Å²) in [6, 6.07) is 0. The molecule has 1 saturated heterocycles. The van der Waals surface area contributed by atoms with Crippen molar-refractivity contribution in [3.63, 3.8) is 0 Å². The van der Waals surface area contributed by atoms with Gasteiger partial charge in [0.15, 0.2) is 0 Å². The second-order valence-corrected chi connectivity index (χ2v) is 3.92. The molecule has 0 amide bonds. The average Bonchev–Trinajstić information content (AvgIpc) is 2.38. The van der Waals surface area contributed by atoms with Gasteiger partial charge in [-0.05, 0) is 6.42 Å². The van der Waals surface area contributed by atoms with E-state index >= 15 is 0 Å². The fourth-order valence-corrected chi connectivity index (χ4v) is 1.72. The van der Waals surface area contributed by atoms with Crippen molar-refractivity contribution in [1.82, 2.24) is 15.3 Å². The van der Waals surface area contributed by atoms with Crippen molar-refractivity contribution < 1.29 is 0 Å². The summed E-state index contributed by atoms with van der Waals surface area (Å²) in [5.74, 6) is 1.84. The third-order valence-corrected chi connectivity index (χ3v) is 2.64. The molecule has 0 saturated carbocycles. The lowest BCUT2D eigenvalue weighted by atomic mass is 10.3. The van der Waals surface area contributed by atoms with Crippen molar-refractivity contribution in [1.29, 1.82) is 0 Å². The molecule has 1 aliphatic rings. The van der Waals surface area contributed by atoms with Crippen molar-refractivity contribution in [2.24, 2.45) is 0 Å². The molecule has 0 spiro atoms. The number of aromatic nitrogens is 2. The molecule has 0 aliphatic carbocycles. The molecule has 1 aromatic rings. The molecule has 0 unspecified atom stereocenters. The van der Waals surface area contributed by atoms with E-state index in [1.165, 1.54) is 0 Å². The normalized spacial score (nSPS) is 16.2. The summed E-state index contributed by atoms with van der Waals surface area (Å²) in [5, 5.41) is 6.54. The van der Waals surface area contributed by atoms with Gasteiger partial charge >= 0.3 is 0 Å². The quantitative estimate of drug-likeness (QED) is 0.784. The van der Waals surface area contributed by atoms with Crippen LogP contribution in [0.5, 0.6) is 0 Å². The molecule has 5 nitrogen and oxygen atoms in total. The molecule has 1 aliphatic heterocycles. The van der Waals surface area contributed by atoms with E-state index in [1.807, 2.05) is 12.4 Å². The summed E-state index contributed by atoms with van der Waals surface area (Å²) in [6.07, 6.45) is 4.76. The molecule has 2 N–H and O–H groups in total. The molecule has 1 aromatic heterocycles. The summed E-state index contributed by atoms with van der Waals surface area (Å²) in [4.78, 5) is 11.0. The zero-order chi connectivity index (χ0) is 11.2. The van der Waals surface area contributed by atoms with Crippen LogP contribution in [0.4, 0.5) is 11.6 Å². The van der Waals surface area contributed by atoms with Gasteiger partial charge in [-0.1, -0.05) is 6.92 Å². The number of anilines is 2. The molecule has 88 valence electrons. The van der Waals surface area contributed by atoms with Crippen LogP contribution in [-0.4, -0.2) is 42.7 Å². The van der Waals surface area contributed by atoms with Crippen LogP contribution in [0.3, 0.4) is 0 Å². The standard InChI is InChI=1S/C11H19N5/c1-2-3-13-10-8-15-11(9-14-10)16-6-4-12-5-7-16/h8-9,12H,2-7H2,1H3,(H,13,14). The Bertz CT molecular complexity index is 305. The van der Waals surface area contributed by atoms with Crippen molar-refractivity contribution >= 4 is 11.6 Å². The minimum atomic E-state index is 0.862. The highest BCUT2D eigenvalue weighted by molar-refractivity contribution is 5.41. The van der Waals surface area contributed by atoms with Crippen LogP contribution >= 0.6 is 0 Å². The highest BCUT2D eigenvalue weighted by atomic mass is 15.2. The van der Waals surface area contributed by atoms with E-state index in [1.54, 1.807) is 0 Å². The predicted octanol–water partition coefficient (Wildman–Crippen LogP) is 0.708. The van der Waals surface area contributed by atoms with Gasteiger partial charge in [0, 0.05) is 32.7 Å². The smallest absolute Gasteiger partial charge is 0.147 e. The van der Waals surface area contributed by atoms with E-state index in [9.17, 15) is 0 Å². The van der Waals surface area contributed by atoms with E-state index in [-0.39, 0.29) is 0 Å². The lowest BCUT2D eigenvalue weighted by Crippen LogP contribution is -2.43. The number of hydrogen-bond donors (Lipinski definition) is 2. The summed E-state index contributed by atoms with van der Waals surface area (Å²) in [6.45, 7) is 7.15. The maximum atomic E-state index is 4.43. The van der Waals surface area contributed by atoms with Gasteiger partial charge < -0.3 is 15.5 Å². The van der Waals surface area contributed by atoms with Gasteiger partial charge in [-0.2, -0.15) is 0 Å². The van der Waals surface area contributed by atoms with Gasteiger partial charge in [0.25, 0.3) is 0 Å². The Morgan fingerprint density at radius 2 is 2.12 bits per heavy atom. The van der Waals surface area contributed by atoms with Crippen LogP contribution in [0.1, 0.15) is 13.3 Å². The van der Waals surface area contributed by atoms with Gasteiger partial charge in [-0.15, -0.1) is 0 Å². The number of nitrogens with zero attached hydrogens (tertiary/aromatic N) is 3. The molecular formula is C11H19N5. The Morgan fingerprint density at radius 1 is 1.31 bits per heavy atom. The Balaban J connectivity index is 1.95. The van der Waals surface area contributed by atoms with Gasteiger partial charge in [-0.25, -0.2) is 9.97 Å². The summed E-state index contributed by atoms with van der Waals surface area (Å²) < 4.78 is 0. The zero-order valence-electron chi connectivity index (χ0n) is 9.74. The number of piperazine rings is 1. The maximum absolute atomic E-state index is 4.43. The number of nitrogens with one attached hydrogen (secondary N) is 2. The largest absolute Gasteiger partial charge is 0.369 e. The SMILES string of the molecule is CCCNc1cnc(N2CCNCC2)cn1. The molecule has 2 heterocycles. The Morgan fingerprint density at radius 3 is 2.75 bits per heavy atom. The molecule has 0 radical (unpaired) electrons. The second kappa shape index (κ2) is 5.65. The topological polar surface area (TPSA) is 53.1 Å². The van der Waals surface area contributed by atoms with Crippen molar-refractivity contribution in [3.05, 3.63) is 12.4 Å². The Labute approximate surface area is 96.3 Å². The minimum Gasteiger partial charge on any atom is -0.369 e. The van der Waals surface area contributed by atoms with E-state index < -0.39 is 0 Å². The van der Waals surface area contributed by atoms with Crippen LogP contribution in [0.25, 0.3) is 0 Å². The van der Waals surface area contributed by atoms with Crippen LogP contribution in [-0.2, 0) is 0 Å². The van der Waals surface area contributed by atoms with E-state index in [0.29, 0.717) is 0 Å². The van der Waals surface area contributed by atoms with Crippen LogP contribution in [0.2, 0.25) is 0 Å². The van der Waals surface area contributed by atoms with Crippen LogP contribution < -0.4 is 15.5 Å². The first-order valence-electron chi connectivity index (χ1n) is 5.91. The molecule has 0 bridgehead atoms. The zero-order valence-corrected chi connectivity index (χ0v) is 9.74. The number of rotatable bonds is 4. The summed E-state index contributed by atoms with van der Waals surface area (Å²) >= 11 is 0. The molecule has 2 rings (SSSR count). The van der Waals surface area contributed by atoms with Crippen molar-refractivity contribution in [3.8, 4) is 0 Å². The van der Waals surface area contributed by atoms with E-state index in [0.717, 1.165) is 50.8 Å². The molecular weight excluding hydrogens is 202 g/mol. The lowest BCUT2D eigenvalue weighted by molar-refractivity contribution is 0.584. The molecule has 0 aromatic carbocycles. The third kappa shape index (κ3) is 2.82. The minimum absolute atomic E-state index is 0.862. The first kappa shape index (κ1) is 11.1. The van der Waals surface area contributed by atoms with Crippen molar-refractivity contribution in [2.45, 2.75) is 13.3 Å². The van der Waals surface area contributed by atoms with E-state index in [4.69, 9.17) is 0 Å². The van der Waals surface area contributed by atoms with Gasteiger partial charge in [0.05, 0.1) is 12.4 Å². The monoisotopic (exact) mass is 221 g/mol. The van der Waals surface area contributed by atoms with Crippen molar-refractivity contribution in [2.75, 3.05) is 42.9 Å². The van der Waals surface area contributed by atoms with Gasteiger partial charge in [-0.3, -0.25) is 0 Å². The average molecular weight is 221 g/mol. The van der Waals surface area contributed by atoms with E-state index in [2.05, 4.69) is 32.4 Å². The third-order valence-electron chi connectivity index (χ3n) is 2.64. The second-order valence-electron chi connectivity index (χ2n) is 3.92. The van der Waals surface area contributed by atoms with Crippen LogP contribution in [0, 0.1) is 0 Å². The first-order chi connectivity index (χ1) is 7.90. The fraction of sp³-hybridized carbons (Fsp3) is 0.636. The predicted molar refractivity (Wildman–Crippen MR) is 65.9 cm³/mol. The Hall–Kier alpha value is -1.36. The summed E-state index contributed by atoms with van der Waals surface area (Å²) in [7, 11) is 0. The molecule has 1 fully saturated rings. The molecule has 5 heteroatoms. The Kier molecular flexibility index (Phi) is 3.93. The first-order valence-corrected chi connectivity index (χ1v) is 5.91. The van der Waals surface area contributed by atoms with Gasteiger partial charge in [0.1, 0.15) is 11.6 Å². The lowest BCUT2D eigenvalue weighted by Gasteiger charge is -2.28. The number of hydrogen-bond acceptors (Lipinski definition) is 5. The highest BCUT2D eigenvalue weighted by Gasteiger charge is 2.11. The highest BCUT2D eigenvalue weighted by Crippen LogP contribution is 2.11. The maximum Gasteiger partial charge on any atom is 0.147 e. The fourth-order valence-electron chi connectivity index (χ4n) is 1.72.